The van der Waals surface area contributed by atoms with Gasteiger partial charge in [-0.05, 0) is 56.2 Å². The largest absolute Gasteiger partial charge is 0.497 e. The van der Waals surface area contributed by atoms with Crippen LogP contribution in [0.25, 0.3) is 0 Å². The first-order valence-electron chi connectivity index (χ1n) is 12.1. The lowest BCUT2D eigenvalue weighted by molar-refractivity contribution is -0.139. The van der Waals surface area contributed by atoms with Gasteiger partial charge in [-0.2, -0.15) is 0 Å². The van der Waals surface area contributed by atoms with Crippen molar-refractivity contribution in [2.75, 3.05) is 44.8 Å². The Bertz CT molecular complexity index is 1100. The predicted molar refractivity (Wildman–Crippen MR) is 135 cm³/mol. The van der Waals surface area contributed by atoms with E-state index in [2.05, 4.69) is 58.5 Å². The van der Waals surface area contributed by atoms with Gasteiger partial charge in [-0.3, -0.25) is 4.90 Å². The molecule has 0 bridgehead atoms. The molecule has 2 aromatic carbocycles. The molecule has 0 unspecified atom stereocenters. The quantitative estimate of drug-likeness (QED) is 0.594. The van der Waals surface area contributed by atoms with Crippen molar-refractivity contribution >= 4 is 17.7 Å². The number of carbonyl (C=O) groups excluding carboxylic acids is 2. The van der Waals surface area contributed by atoms with Crippen LogP contribution < -0.4 is 20.3 Å². The summed E-state index contributed by atoms with van der Waals surface area (Å²) in [5.74, 6) is 0.277. The molecule has 2 aliphatic heterocycles. The van der Waals surface area contributed by atoms with Gasteiger partial charge in [-0.15, -0.1) is 0 Å². The number of nitrogens with one attached hydrogen (secondary N) is 2. The zero-order valence-corrected chi connectivity index (χ0v) is 20.8. The summed E-state index contributed by atoms with van der Waals surface area (Å²) in [6, 6.07) is 15.2. The van der Waals surface area contributed by atoms with Crippen molar-refractivity contribution in [3.8, 4) is 5.75 Å². The second-order valence-corrected chi connectivity index (χ2v) is 9.03. The summed E-state index contributed by atoms with van der Waals surface area (Å²) in [6.45, 7) is 9.29. The van der Waals surface area contributed by atoms with Crippen LogP contribution in [0.15, 0.2) is 59.8 Å². The predicted octanol–water partition coefficient (Wildman–Crippen LogP) is 3.39. The van der Waals surface area contributed by atoms with E-state index >= 15 is 0 Å². The third-order valence-corrected chi connectivity index (χ3v) is 6.52. The Morgan fingerprint density at radius 1 is 1.14 bits per heavy atom. The minimum atomic E-state index is -0.602. The smallest absolute Gasteiger partial charge is 0.338 e. The number of carbonyl (C=O) groups is 2. The van der Waals surface area contributed by atoms with E-state index in [0.717, 1.165) is 25.2 Å². The lowest BCUT2D eigenvalue weighted by atomic mass is 9.94. The maximum atomic E-state index is 13.1. The Kier molecular flexibility index (Phi) is 7.60. The molecule has 2 heterocycles. The van der Waals surface area contributed by atoms with Gasteiger partial charge < -0.3 is 25.0 Å². The summed E-state index contributed by atoms with van der Waals surface area (Å²) in [6.07, 6.45) is 0. The zero-order chi connectivity index (χ0) is 24.9. The third kappa shape index (κ3) is 5.59. The average Bonchev–Trinajstić information content (AvgIpc) is 2.84. The lowest BCUT2D eigenvalue weighted by Gasteiger charge is -2.42. The molecule has 4 rings (SSSR count). The van der Waals surface area contributed by atoms with Crippen molar-refractivity contribution in [2.24, 2.45) is 0 Å². The second-order valence-electron chi connectivity index (χ2n) is 9.03. The van der Waals surface area contributed by atoms with Gasteiger partial charge in [0.1, 0.15) is 5.75 Å². The molecule has 0 saturated carbocycles. The van der Waals surface area contributed by atoms with E-state index in [9.17, 15) is 9.59 Å². The van der Waals surface area contributed by atoms with Gasteiger partial charge in [0.25, 0.3) is 0 Å². The fourth-order valence-electron chi connectivity index (χ4n) is 4.83. The normalized spacial score (nSPS) is 20.8. The van der Waals surface area contributed by atoms with E-state index in [1.165, 1.54) is 11.3 Å². The number of ether oxygens (including phenoxy) is 2. The van der Waals surface area contributed by atoms with Crippen LogP contribution in [0.2, 0.25) is 0 Å². The van der Waals surface area contributed by atoms with Crippen molar-refractivity contribution in [3.05, 3.63) is 70.9 Å². The van der Waals surface area contributed by atoms with Crippen molar-refractivity contribution < 1.29 is 19.1 Å². The SMILES string of the molecule is CCOC(=O)C1=C(CN2CCN(c3cccc(C)c3)[C@@H](C)C2)NC(=O)N[C@H]1c1ccc(OC)cc1. The number of benzene rings is 2. The van der Waals surface area contributed by atoms with Gasteiger partial charge in [-0.1, -0.05) is 24.3 Å². The van der Waals surface area contributed by atoms with Crippen LogP contribution in [0.3, 0.4) is 0 Å². The second kappa shape index (κ2) is 10.8. The number of methoxy groups -OCH3 is 1. The van der Waals surface area contributed by atoms with E-state index in [0.29, 0.717) is 23.6 Å². The highest BCUT2D eigenvalue weighted by atomic mass is 16.5. The number of amides is 2. The molecular formula is C27H34N4O4. The number of aryl methyl sites for hydroxylation is 1. The summed E-state index contributed by atoms with van der Waals surface area (Å²) in [7, 11) is 1.60. The molecule has 1 saturated heterocycles. The highest BCUT2D eigenvalue weighted by Gasteiger charge is 2.35. The van der Waals surface area contributed by atoms with Crippen LogP contribution in [-0.2, 0) is 9.53 Å². The minimum Gasteiger partial charge on any atom is -0.497 e. The first kappa shape index (κ1) is 24.6. The molecule has 2 atom stereocenters. The van der Waals surface area contributed by atoms with Gasteiger partial charge in [0.05, 0.1) is 25.3 Å². The zero-order valence-electron chi connectivity index (χ0n) is 20.8. The fraction of sp³-hybridized carbons (Fsp3) is 0.407. The highest BCUT2D eigenvalue weighted by Crippen LogP contribution is 2.30. The minimum absolute atomic E-state index is 0.255. The topological polar surface area (TPSA) is 83.1 Å². The number of nitrogens with zero attached hydrogens (tertiary/aromatic N) is 2. The van der Waals surface area contributed by atoms with Crippen LogP contribution in [-0.4, -0.2) is 62.8 Å². The summed E-state index contributed by atoms with van der Waals surface area (Å²) in [4.78, 5) is 30.4. The number of anilines is 1. The maximum Gasteiger partial charge on any atom is 0.338 e. The Morgan fingerprint density at radius 3 is 2.57 bits per heavy atom. The number of esters is 1. The molecule has 8 heteroatoms. The van der Waals surface area contributed by atoms with Gasteiger partial charge >= 0.3 is 12.0 Å². The molecule has 2 aromatic rings. The van der Waals surface area contributed by atoms with E-state index in [1.54, 1.807) is 14.0 Å². The molecule has 2 amide bonds. The molecular weight excluding hydrogens is 444 g/mol. The van der Waals surface area contributed by atoms with Crippen LogP contribution in [0.4, 0.5) is 10.5 Å². The van der Waals surface area contributed by atoms with Crippen LogP contribution >= 0.6 is 0 Å². The first-order valence-corrected chi connectivity index (χ1v) is 12.1. The highest BCUT2D eigenvalue weighted by molar-refractivity contribution is 5.95. The Hall–Kier alpha value is -3.52. The van der Waals surface area contributed by atoms with Gasteiger partial charge in [0.2, 0.25) is 0 Å². The summed E-state index contributed by atoms with van der Waals surface area (Å²) in [5.41, 5.74) is 4.27. The maximum absolute atomic E-state index is 13.1. The number of piperazine rings is 1. The van der Waals surface area contributed by atoms with Crippen molar-refractivity contribution in [1.82, 2.24) is 15.5 Å². The summed E-state index contributed by atoms with van der Waals surface area (Å²) in [5, 5.41) is 5.78. The van der Waals surface area contributed by atoms with E-state index < -0.39 is 12.0 Å². The van der Waals surface area contributed by atoms with Gasteiger partial charge in [-0.25, -0.2) is 9.59 Å². The van der Waals surface area contributed by atoms with Crippen LogP contribution in [0.1, 0.15) is 31.0 Å². The Labute approximate surface area is 206 Å². The number of rotatable bonds is 7. The third-order valence-electron chi connectivity index (χ3n) is 6.52. The number of urea groups is 1. The molecule has 0 radical (unpaired) electrons. The Balaban J connectivity index is 1.58. The monoisotopic (exact) mass is 478 g/mol. The Morgan fingerprint density at radius 2 is 1.91 bits per heavy atom. The summed E-state index contributed by atoms with van der Waals surface area (Å²) < 4.78 is 10.7. The molecule has 186 valence electrons. The molecule has 2 N–H and O–H groups in total. The van der Waals surface area contributed by atoms with Crippen molar-refractivity contribution in [3.63, 3.8) is 0 Å². The average molecular weight is 479 g/mol. The van der Waals surface area contributed by atoms with Crippen LogP contribution in [0.5, 0.6) is 5.75 Å². The summed E-state index contributed by atoms with van der Waals surface area (Å²) >= 11 is 0. The molecule has 2 aliphatic rings. The molecule has 8 nitrogen and oxygen atoms in total. The molecule has 0 spiro atoms. The first-order chi connectivity index (χ1) is 16.9. The number of hydrogen-bond acceptors (Lipinski definition) is 6. The molecule has 0 aliphatic carbocycles. The van der Waals surface area contributed by atoms with Gasteiger partial charge in [0.15, 0.2) is 0 Å². The van der Waals surface area contributed by atoms with Crippen LogP contribution in [0, 0.1) is 6.92 Å². The lowest BCUT2D eigenvalue weighted by Crippen LogP contribution is -2.54. The van der Waals surface area contributed by atoms with Crippen molar-refractivity contribution in [2.45, 2.75) is 32.9 Å². The molecule has 0 aromatic heterocycles. The van der Waals surface area contributed by atoms with Crippen molar-refractivity contribution in [1.29, 1.82) is 0 Å². The molecule has 35 heavy (non-hydrogen) atoms. The standard InChI is InChI=1S/C27H34N4O4/c1-5-35-26(32)24-23(28-27(33)29-25(24)20-9-11-22(34-4)12-10-20)17-30-13-14-31(19(3)16-30)21-8-6-7-18(2)15-21/h6-12,15,19,25H,5,13-14,16-17H2,1-4H3,(H2,28,29,33)/t19-,25-/m0/s1. The van der Waals surface area contributed by atoms with Gasteiger partial charge in [0, 0.05) is 43.6 Å². The van der Waals surface area contributed by atoms with E-state index in [-0.39, 0.29) is 18.7 Å². The fourth-order valence-corrected chi connectivity index (χ4v) is 4.83. The van der Waals surface area contributed by atoms with E-state index in [1.807, 2.05) is 24.3 Å². The number of hydrogen-bond donors (Lipinski definition) is 2. The van der Waals surface area contributed by atoms with E-state index in [4.69, 9.17) is 9.47 Å². The molecule has 1 fully saturated rings.